The lowest BCUT2D eigenvalue weighted by molar-refractivity contribution is -0.227. The van der Waals surface area contributed by atoms with Crippen molar-refractivity contribution >= 4 is 5.97 Å². The van der Waals surface area contributed by atoms with Crippen LogP contribution in [0.15, 0.2) is 18.2 Å². The Bertz CT molecular complexity index is 559. The average molecular weight is 303 g/mol. The van der Waals surface area contributed by atoms with E-state index in [9.17, 15) is 23.1 Å². The molecule has 1 saturated heterocycles. The number of phenols is 1. The van der Waals surface area contributed by atoms with E-state index < -0.39 is 30.5 Å². The molecule has 1 aromatic rings. The molecule has 0 aliphatic carbocycles. The lowest BCUT2D eigenvalue weighted by atomic mass is 9.86. The molecule has 0 spiro atoms. The molecular weight excluding hydrogens is 287 g/mol. The zero-order valence-electron chi connectivity index (χ0n) is 11.4. The second-order valence-electron chi connectivity index (χ2n) is 5.48. The van der Waals surface area contributed by atoms with Gasteiger partial charge in [0.1, 0.15) is 5.75 Å². The highest BCUT2D eigenvalue weighted by atomic mass is 19.4. The summed E-state index contributed by atoms with van der Waals surface area (Å²) in [4.78, 5) is 12.5. The van der Waals surface area contributed by atoms with Gasteiger partial charge in [-0.25, -0.2) is 0 Å². The van der Waals surface area contributed by atoms with Gasteiger partial charge in [-0.2, -0.15) is 13.2 Å². The van der Waals surface area contributed by atoms with E-state index in [-0.39, 0.29) is 18.8 Å². The van der Waals surface area contributed by atoms with Gasteiger partial charge in [0.2, 0.25) is 0 Å². The summed E-state index contributed by atoms with van der Waals surface area (Å²) in [7, 11) is 0. The van der Waals surface area contributed by atoms with Crippen molar-refractivity contribution in [3.8, 4) is 5.75 Å². The number of aryl methyl sites for hydroxylation is 1. The molecule has 2 rings (SSSR count). The maximum absolute atomic E-state index is 13.1. The van der Waals surface area contributed by atoms with Gasteiger partial charge in [0.15, 0.2) is 5.41 Å². The molecule has 0 saturated carbocycles. The van der Waals surface area contributed by atoms with E-state index >= 15 is 0 Å². The van der Waals surface area contributed by atoms with E-state index in [1.807, 2.05) is 6.92 Å². The Hall–Kier alpha value is -1.76. The van der Waals surface area contributed by atoms with Crippen molar-refractivity contribution in [2.75, 3.05) is 13.1 Å². The first-order valence-corrected chi connectivity index (χ1v) is 6.47. The molecule has 0 radical (unpaired) electrons. The highest BCUT2D eigenvalue weighted by Crippen LogP contribution is 2.46. The number of aromatic hydroxyl groups is 1. The molecule has 1 aromatic carbocycles. The maximum Gasteiger partial charge on any atom is 0.406 e. The molecule has 1 atom stereocenters. The zero-order valence-corrected chi connectivity index (χ0v) is 11.4. The van der Waals surface area contributed by atoms with Gasteiger partial charge in [0.05, 0.1) is 0 Å². The number of phenolic OH excluding ortho intramolecular Hbond substituents is 1. The normalized spacial score (nSPS) is 23.4. The molecule has 1 aliphatic heterocycles. The van der Waals surface area contributed by atoms with Crippen molar-refractivity contribution in [1.82, 2.24) is 4.90 Å². The van der Waals surface area contributed by atoms with Crippen LogP contribution in [0.2, 0.25) is 0 Å². The lowest BCUT2D eigenvalue weighted by Crippen LogP contribution is -2.47. The van der Waals surface area contributed by atoms with Crippen molar-refractivity contribution < 1.29 is 28.2 Å². The van der Waals surface area contributed by atoms with E-state index in [0.717, 1.165) is 5.56 Å². The minimum Gasteiger partial charge on any atom is -0.508 e. The molecule has 1 unspecified atom stereocenters. The molecule has 0 amide bonds. The number of carboxylic acids is 1. The van der Waals surface area contributed by atoms with Crippen LogP contribution in [0.4, 0.5) is 13.2 Å². The SMILES string of the molecule is Cc1ccc(O)c(CN2CCC(C(=O)O)(C(F)(F)F)C2)c1. The number of halogens is 3. The van der Waals surface area contributed by atoms with Crippen molar-refractivity contribution in [1.29, 1.82) is 0 Å². The number of benzene rings is 1. The quantitative estimate of drug-likeness (QED) is 0.901. The summed E-state index contributed by atoms with van der Waals surface area (Å²) < 4.78 is 39.2. The van der Waals surface area contributed by atoms with Crippen LogP contribution in [0, 0.1) is 12.3 Å². The van der Waals surface area contributed by atoms with E-state index in [1.54, 1.807) is 12.1 Å². The van der Waals surface area contributed by atoms with Gasteiger partial charge >= 0.3 is 12.1 Å². The molecule has 116 valence electrons. The number of alkyl halides is 3. The Labute approximate surface area is 119 Å². The summed E-state index contributed by atoms with van der Waals surface area (Å²) in [5.41, 5.74) is -1.34. The number of hydrogen-bond donors (Lipinski definition) is 2. The molecule has 1 fully saturated rings. The second kappa shape index (κ2) is 5.22. The number of carboxylic acid groups (broad SMARTS) is 1. The Morgan fingerprint density at radius 3 is 2.62 bits per heavy atom. The molecule has 2 N–H and O–H groups in total. The first kappa shape index (κ1) is 15.6. The second-order valence-corrected chi connectivity index (χ2v) is 5.48. The highest BCUT2D eigenvalue weighted by Gasteiger charge is 2.63. The van der Waals surface area contributed by atoms with Crippen molar-refractivity contribution in [3.63, 3.8) is 0 Å². The summed E-state index contributed by atoms with van der Waals surface area (Å²) in [6.07, 6.45) is -5.26. The van der Waals surface area contributed by atoms with Crippen LogP contribution in [0.3, 0.4) is 0 Å². The third kappa shape index (κ3) is 2.83. The van der Waals surface area contributed by atoms with E-state index in [4.69, 9.17) is 5.11 Å². The van der Waals surface area contributed by atoms with E-state index in [2.05, 4.69) is 0 Å². The Kier molecular flexibility index (Phi) is 3.88. The van der Waals surface area contributed by atoms with Crippen LogP contribution >= 0.6 is 0 Å². The first-order chi connectivity index (χ1) is 9.65. The summed E-state index contributed by atoms with van der Waals surface area (Å²) in [5, 5.41) is 18.7. The summed E-state index contributed by atoms with van der Waals surface area (Å²) >= 11 is 0. The summed E-state index contributed by atoms with van der Waals surface area (Å²) in [6.45, 7) is 1.33. The predicted molar refractivity (Wildman–Crippen MR) is 68.9 cm³/mol. The van der Waals surface area contributed by atoms with Gasteiger partial charge < -0.3 is 10.2 Å². The minimum atomic E-state index is -4.79. The minimum absolute atomic E-state index is 0.000402. The van der Waals surface area contributed by atoms with Gasteiger partial charge in [-0.1, -0.05) is 17.7 Å². The molecule has 0 aromatic heterocycles. The van der Waals surface area contributed by atoms with E-state index in [0.29, 0.717) is 5.56 Å². The fourth-order valence-corrected chi connectivity index (χ4v) is 2.63. The number of aliphatic carboxylic acids is 1. The summed E-state index contributed by atoms with van der Waals surface area (Å²) in [5.74, 6) is -1.84. The Morgan fingerprint density at radius 1 is 1.43 bits per heavy atom. The third-order valence-electron chi connectivity index (χ3n) is 3.93. The van der Waals surface area contributed by atoms with Gasteiger partial charge in [-0.15, -0.1) is 0 Å². The first-order valence-electron chi connectivity index (χ1n) is 6.47. The maximum atomic E-state index is 13.1. The number of hydrogen-bond acceptors (Lipinski definition) is 3. The number of likely N-dealkylation sites (tertiary alicyclic amines) is 1. The fourth-order valence-electron chi connectivity index (χ4n) is 2.63. The van der Waals surface area contributed by atoms with Crippen LogP contribution in [0.25, 0.3) is 0 Å². The Morgan fingerprint density at radius 2 is 2.10 bits per heavy atom. The van der Waals surface area contributed by atoms with Crippen molar-refractivity contribution in [3.05, 3.63) is 29.3 Å². The molecule has 21 heavy (non-hydrogen) atoms. The highest BCUT2D eigenvalue weighted by molar-refractivity contribution is 5.76. The topological polar surface area (TPSA) is 60.8 Å². The Balaban J connectivity index is 2.19. The van der Waals surface area contributed by atoms with Gasteiger partial charge in [0, 0.05) is 25.2 Å². The smallest absolute Gasteiger partial charge is 0.406 e. The predicted octanol–water partition coefficient (Wildman–Crippen LogP) is 2.54. The molecule has 4 nitrogen and oxygen atoms in total. The van der Waals surface area contributed by atoms with Crippen molar-refractivity contribution in [2.24, 2.45) is 5.41 Å². The molecule has 0 bridgehead atoms. The largest absolute Gasteiger partial charge is 0.508 e. The number of rotatable bonds is 3. The van der Waals surface area contributed by atoms with Crippen LogP contribution in [-0.4, -0.2) is 40.3 Å². The monoisotopic (exact) mass is 303 g/mol. The fraction of sp³-hybridized carbons (Fsp3) is 0.500. The van der Waals surface area contributed by atoms with Gasteiger partial charge in [0.25, 0.3) is 0 Å². The van der Waals surface area contributed by atoms with Crippen molar-refractivity contribution in [2.45, 2.75) is 26.1 Å². The number of nitrogens with zero attached hydrogens (tertiary/aromatic N) is 1. The van der Waals surface area contributed by atoms with Crippen LogP contribution < -0.4 is 0 Å². The van der Waals surface area contributed by atoms with E-state index in [1.165, 1.54) is 11.0 Å². The molecular formula is C14H16F3NO3. The number of carbonyl (C=O) groups is 1. The summed E-state index contributed by atoms with van der Waals surface area (Å²) in [6, 6.07) is 4.86. The lowest BCUT2D eigenvalue weighted by Gasteiger charge is -2.27. The third-order valence-corrected chi connectivity index (χ3v) is 3.93. The standard InChI is InChI=1S/C14H16F3NO3/c1-9-2-3-11(19)10(6-9)7-18-5-4-13(8-18,12(20)21)14(15,16)17/h2-3,6,19H,4-5,7-8H2,1H3,(H,20,21). The van der Waals surface area contributed by atoms with Gasteiger partial charge in [-0.05, 0) is 19.4 Å². The molecule has 7 heteroatoms. The van der Waals surface area contributed by atoms with Gasteiger partial charge in [-0.3, -0.25) is 9.69 Å². The van der Waals surface area contributed by atoms with Crippen LogP contribution in [-0.2, 0) is 11.3 Å². The zero-order chi connectivity index (χ0) is 15.8. The molecule has 1 aliphatic rings. The van der Waals surface area contributed by atoms with Crippen LogP contribution in [0.5, 0.6) is 5.75 Å². The average Bonchev–Trinajstić information content (AvgIpc) is 2.79. The van der Waals surface area contributed by atoms with Crippen LogP contribution in [0.1, 0.15) is 17.5 Å². The molecule has 1 heterocycles.